The van der Waals surface area contributed by atoms with Crippen LogP contribution in [-0.2, 0) is 70.6 Å². The molecule has 0 fully saturated rings. The van der Waals surface area contributed by atoms with E-state index in [0.717, 1.165) is 17.3 Å². The van der Waals surface area contributed by atoms with Gasteiger partial charge in [0, 0.05) is 114 Å². The summed E-state index contributed by atoms with van der Waals surface area (Å²) in [5.41, 5.74) is -0.0204. The number of hydrogen-bond acceptors (Lipinski definition) is 19. The van der Waals surface area contributed by atoms with Crippen LogP contribution in [0.5, 0.6) is 0 Å². The number of nitrogens with one attached hydrogen (secondary N) is 9. The maximum absolute atomic E-state index is 12.6. The molecule has 26 nitrogen and oxygen atoms in total. The molecule has 1 aromatic heterocycles. The number of aliphatic carboxylic acids is 2. The molecule has 0 saturated heterocycles. The Morgan fingerprint density at radius 1 is 0.448 bits per heavy atom. The van der Waals surface area contributed by atoms with E-state index in [1.54, 1.807) is 18.7 Å². The van der Waals surface area contributed by atoms with Gasteiger partial charge in [-0.05, 0) is 49.7 Å². The van der Waals surface area contributed by atoms with Crippen molar-refractivity contribution >= 4 is 104 Å². The summed E-state index contributed by atoms with van der Waals surface area (Å²) in [6.45, 7) is 44.9. The Balaban J connectivity index is -0.00000134. The zero-order valence-corrected chi connectivity index (χ0v) is 65.2. The average Bonchev–Trinajstić information content (AvgIpc) is 1.67. The second-order valence-corrected chi connectivity index (χ2v) is 35.7. The molecule has 0 aliphatic heterocycles. The van der Waals surface area contributed by atoms with E-state index in [1.165, 1.54) is 23.5 Å². The summed E-state index contributed by atoms with van der Waals surface area (Å²) >= 11 is 4.65. The first-order valence-corrected chi connectivity index (χ1v) is 38.4. The number of amides is 8. The van der Waals surface area contributed by atoms with Gasteiger partial charge in [0.15, 0.2) is 15.7 Å². The zero-order valence-electron chi connectivity index (χ0n) is 61.9. The van der Waals surface area contributed by atoms with Gasteiger partial charge in [-0.25, -0.2) is 13.2 Å². The minimum atomic E-state index is -3.51. The highest BCUT2D eigenvalue weighted by Gasteiger charge is 2.27. The van der Waals surface area contributed by atoms with Gasteiger partial charge >= 0.3 is 11.9 Å². The molecule has 8 amide bonds. The Morgan fingerprint density at radius 3 is 1.22 bits per heavy atom. The van der Waals surface area contributed by atoms with Crippen molar-refractivity contribution in [3.05, 3.63) is 11.7 Å². The van der Waals surface area contributed by atoms with Crippen molar-refractivity contribution in [3.63, 3.8) is 0 Å². The van der Waals surface area contributed by atoms with E-state index in [0.29, 0.717) is 81.6 Å². The monoisotopic (exact) mass is 1440 g/mol. The van der Waals surface area contributed by atoms with E-state index in [9.17, 15) is 61.5 Å². The van der Waals surface area contributed by atoms with Crippen molar-refractivity contribution in [2.75, 3.05) is 91.8 Å². The fourth-order valence-corrected chi connectivity index (χ4v) is 12.0. The lowest BCUT2D eigenvalue weighted by atomic mass is 9.92. The molecule has 3 atom stereocenters. The quantitative estimate of drug-likeness (QED) is 0.0309. The van der Waals surface area contributed by atoms with Crippen LogP contribution in [0.4, 0.5) is 0 Å². The Kier molecular flexibility index (Phi) is 48.0. The molecule has 30 heteroatoms. The van der Waals surface area contributed by atoms with E-state index < -0.39 is 51.7 Å². The lowest BCUT2D eigenvalue weighted by Gasteiger charge is -2.21. The largest absolute Gasteiger partial charge is 0.481 e. The van der Waals surface area contributed by atoms with Crippen molar-refractivity contribution in [1.82, 2.24) is 58.0 Å². The summed E-state index contributed by atoms with van der Waals surface area (Å²) in [5, 5.41) is 46.7. The van der Waals surface area contributed by atoms with E-state index in [-0.39, 0.29) is 130 Å². The van der Waals surface area contributed by atoms with Crippen molar-refractivity contribution in [2.45, 2.75) is 221 Å². The van der Waals surface area contributed by atoms with Crippen molar-refractivity contribution in [1.29, 1.82) is 0 Å². The molecule has 0 aromatic carbocycles. The SMILES string of the molecule is CC.CC(C)(C)CSC[C@H](NC(=O)CCC(=O)O)C(=O)NCCS(=O)(=O)CCNC(=O)CC(C)(C)C.CC(C)(C)CSC[C@H](NC(=O)CCc1noc(CCNC(=O)CC(C)(C)C)n1)C(=O)O.CCC(=O)NC(CSCC(C)(C)C)C(=O)NCCNCCNC(=O)CC(C)(C)C. The molecule has 0 saturated carbocycles. The number of hydrogen-bond donors (Lipinski definition) is 11. The van der Waals surface area contributed by atoms with Gasteiger partial charge in [-0.2, -0.15) is 40.3 Å². The molecule has 11 N–H and O–H groups in total. The van der Waals surface area contributed by atoms with Crippen LogP contribution in [0.15, 0.2) is 4.52 Å². The average molecular weight is 1440 g/mol. The Labute approximate surface area is 587 Å². The molecule has 0 spiro atoms. The van der Waals surface area contributed by atoms with Crippen LogP contribution in [0.25, 0.3) is 0 Å². The van der Waals surface area contributed by atoms with Crippen LogP contribution in [0.2, 0.25) is 0 Å². The highest BCUT2D eigenvalue weighted by atomic mass is 32.2. The van der Waals surface area contributed by atoms with Crippen LogP contribution >= 0.6 is 35.3 Å². The van der Waals surface area contributed by atoms with Crippen molar-refractivity contribution < 1.29 is 71.1 Å². The number of carboxylic acids is 2. The number of aromatic nitrogens is 2. The Bertz CT molecular complexity index is 2600. The van der Waals surface area contributed by atoms with Crippen LogP contribution in [0.3, 0.4) is 0 Å². The van der Waals surface area contributed by atoms with Crippen LogP contribution < -0.4 is 47.9 Å². The van der Waals surface area contributed by atoms with E-state index in [2.05, 4.69) is 99.5 Å². The molecule has 1 unspecified atom stereocenters. The summed E-state index contributed by atoms with van der Waals surface area (Å²) in [6.07, 6.45) is 1.69. The second-order valence-electron chi connectivity index (χ2n) is 30.3. The van der Waals surface area contributed by atoms with Gasteiger partial charge in [0.2, 0.25) is 53.1 Å². The van der Waals surface area contributed by atoms with Gasteiger partial charge in [0.1, 0.15) is 18.1 Å². The number of carboxylic acid groups (broad SMARTS) is 2. The van der Waals surface area contributed by atoms with Crippen molar-refractivity contribution in [2.24, 2.45) is 32.5 Å². The second kappa shape index (κ2) is 48.5. The fraction of sp³-hybridized carbons (Fsp3) is 0.818. The van der Waals surface area contributed by atoms with Gasteiger partial charge < -0.3 is 62.6 Å². The number of thioether (sulfide) groups is 3. The van der Waals surface area contributed by atoms with Gasteiger partial charge in [0.05, 0.1) is 17.9 Å². The highest BCUT2D eigenvalue weighted by Crippen LogP contribution is 2.24. The molecule has 0 aliphatic rings. The van der Waals surface area contributed by atoms with Crippen LogP contribution in [-0.4, -0.2) is 198 Å². The first-order chi connectivity index (χ1) is 44.0. The number of carbonyl (C=O) groups is 10. The molecule has 0 radical (unpaired) electrons. The summed E-state index contributed by atoms with van der Waals surface area (Å²) in [7, 11) is -3.51. The van der Waals surface area contributed by atoms with Crippen LogP contribution in [0.1, 0.15) is 202 Å². The third-order valence-electron chi connectivity index (χ3n) is 11.8. The topological polar surface area (TPSA) is 392 Å². The summed E-state index contributed by atoms with van der Waals surface area (Å²) in [4.78, 5) is 123. The maximum atomic E-state index is 12.6. The third-order valence-corrected chi connectivity index (χ3v) is 18.3. The maximum Gasteiger partial charge on any atom is 0.327 e. The molecule has 1 heterocycles. The molecule has 96 heavy (non-hydrogen) atoms. The standard InChI is InChI=1S/C22H41N3O7S2.C21H36N4O5S.C21H42N4O3S.C2H6/c1-21(2,3)13-18(27)23-9-11-34(31,32)12-10-24-20(30)16(14-33-15-22(4,5)6)25-17(26)7-8-19(28)29;1-20(2,3)11-17(27)22-10-9-18-24-15(25-30-18)7-8-16(26)23-14(19(28)29)12-31-13-21(4,5)6;1-8-17(26)25-16(14-29-15-21(5,6)7)19(28)24-12-10-22-9-11-23-18(27)13-20(2,3)4;1-2/h16H,7-15H2,1-6H3,(H,23,27)(H,24,30)(H,25,26)(H,28,29);14H,7-13H2,1-6H3,(H,22,27)(H,23,26)(H,28,29);16,22H,8-15H2,1-7H3,(H,23,27)(H,24,28)(H,25,26);1-2H3/t16-;14-;;/m00../s1. The smallest absolute Gasteiger partial charge is 0.327 e. The van der Waals surface area contributed by atoms with Crippen molar-refractivity contribution in [3.8, 4) is 0 Å². The minimum absolute atomic E-state index is 0.00308. The summed E-state index contributed by atoms with van der Waals surface area (Å²) in [5.74, 6) is -0.289. The molecule has 1 aromatic rings. The minimum Gasteiger partial charge on any atom is -0.481 e. The normalized spacial score (nSPS) is 12.8. The lowest BCUT2D eigenvalue weighted by Crippen LogP contribution is -2.49. The Morgan fingerprint density at radius 2 is 0.812 bits per heavy atom. The third kappa shape index (κ3) is 61.2. The van der Waals surface area contributed by atoms with Gasteiger partial charge in [-0.1, -0.05) is 151 Å². The van der Waals surface area contributed by atoms with Gasteiger partial charge in [-0.3, -0.25) is 43.2 Å². The van der Waals surface area contributed by atoms with Crippen LogP contribution in [0, 0.1) is 32.5 Å². The van der Waals surface area contributed by atoms with E-state index in [4.69, 9.17) is 9.63 Å². The highest BCUT2D eigenvalue weighted by molar-refractivity contribution is 7.99. The Hall–Kier alpha value is -5.20. The first kappa shape index (κ1) is 95.0. The lowest BCUT2D eigenvalue weighted by molar-refractivity contribution is -0.141. The zero-order chi connectivity index (χ0) is 74.7. The number of sulfone groups is 1. The van der Waals surface area contributed by atoms with E-state index in [1.807, 2.05) is 96.9 Å². The molecular formula is C66H125N11O15S4. The molecule has 0 aliphatic carbocycles. The predicted molar refractivity (Wildman–Crippen MR) is 387 cm³/mol. The molecule has 1 rings (SSSR count). The van der Waals surface area contributed by atoms with Gasteiger partial charge in [0.25, 0.3) is 0 Å². The molecular weight excluding hydrogens is 1320 g/mol. The van der Waals surface area contributed by atoms with E-state index >= 15 is 0 Å². The molecule has 0 bridgehead atoms. The number of aryl methyl sites for hydroxylation is 1. The number of rotatable bonds is 40. The number of carbonyl (C=O) groups excluding carboxylic acids is 8. The predicted octanol–water partition coefficient (Wildman–Crippen LogP) is 6.59. The molecule has 558 valence electrons. The first-order valence-electron chi connectivity index (χ1n) is 33.1. The van der Waals surface area contributed by atoms with Gasteiger partial charge in [-0.15, -0.1) is 0 Å². The summed E-state index contributed by atoms with van der Waals surface area (Å²) in [6, 6.07) is -2.36. The fourth-order valence-electron chi connectivity index (χ4n) is 7.41. The summed E-state index contributed by atoms with van der Waals surface area (Å²) < 4.78 is 29.6. The number of nitrogens with zero attached hydrogens (tertiary/aromatic N) is 2.